The monoisotopic (exact) mass is 269 g/mol. The Balaban J connectivity index is 1.98. The highest BCUT2D eigenvalue weighted by atomic mass is 32.2. The van der Waals surface area contributed by atoms with Crippen LogP contribution in [0.25, 0.3) is 0 Å². The van der Waals surface area contributed by atoms with Crippen molar-refractivity contribution in [2.24, 2.45) is 5.73 Å². The van der Waals surface area contributed by atoms with Crippen LogP contribution < -0.4 is 5.73 Å². The zero-order valence-electron chi connectivity index (χ0n) is 10.7. The minimum Gasteiger partial charge on any atom is -0.480 e. The normalized spacial score (nSPS) is 17.7. The molecule has 6 heteroatoms. The van der Waals surface area contributed by atoms with E-state index in [1.54, 1.807) is 11.8 Å². The third-order valence-corrected chi connectivity index (χ3v) is 4.73. The van der Waals surface area contributed by atoms with E-state index in [0.29, 0.717) is 6.04 Å². The molecule has 0 spiro atoms. The number of carboxylic acid groups (broad SMARTS) is 1. The van der Waals surface area contributed by atoms with Crippen molar-refractivity contribution in [3.63, 3.8) is 0 Å². The third kappa shape index (κ3) is 2.87. The van der Waals surface area contributed by atoms with Gasteiger partial charge in [0.2, 0.25) is 0 Å². The highest BCUT2D eigenvalue weighted by Gasteiger charge is 2.33. The zero-order valence-corrected chi connectivity index (χ0v) is 11.5. The Bertz CT molecular complexity index is 440. The van der Waals surface area contributed by atoms with E-state index in [1.165, 1.54) is 12.8 Å². The predicted molar refractivity (Wildman–Crippen MR) is 71.5 cm³/mol. The van der Waals surface area contributed by atoms with Crippen molar-refractivity contribution in [2.45, 2.75) is 49.3 Å². The van der Waals surface area contributed by atoms with Crippen LogP contribution in [0.2, 0.25) is 0 Å². The van der Waals surface area contributed by atoms with Gasteiger partial charge in [-0.05, 0) is 26.7 Å². The number of nitrogens with two attached hydrogens (primary N) is 1. The number of hydrogen-bond donors (Lipinski definition) is 2. The lowest BCUT2D eigenvalue weighted by atomic mass is 10.1. The first kappa shape index (κ1) is 13.4. The van der Waals surface area contributed by atoms with E-state index in [-0.39, 0.29) is 0 Å². The Labute approximate surface area is 111 Å². The summed E-state index contributed by atoms with van der Waals surface area (Å²) < 4.78 is 1.69. The summed E-state index contributed by atoms with van der Waals surface area (Å²) >= 11 is 1.57. The second kappa shape index (κ2) is 4.93. The Morgan fingerprint density at radius 3 is 2.94 bits per heavy atom. The molecule has 2 rings (SSSR count). The largest absolute Gasteiger partial charge is 0.480 e. The van der Waals surface area contributed by atoms with E-state index < -0.39 is 16.8 Å². The van der Waals surface area contributed by atoms with E-state index in [4.69, 9.17) is 10.8 Å². The summed E-state index contributed by atoms with van der Waals surface area (Å²) in [5.74, 6) is -0.215. The van der Waals surface area contributed by atoms with Crippen LogP contribution in [0, 0.1) is 0 Å². The fourth-order valence-electron chi connectivity index (χ4n) is 1.77. The lowest BCUT2D eigenvalue weighted by molar-refractivity contribution is -0.139. The third-order valence-electron chi connectivity index (χ3n) is 3.29. The Hall–Kier alpha value is -1.01. The SMILES string of the molecule is CC(C)(SCc1cncn1C1CC1)[C@H](N)C(=O)O. The van der Waals surface area contributed by atoms with E-state index in [0.717, 1.165) is 11.4 Å². The van der Waals surface area contributed by atoms with Crippen molar-refractivity contribution in [3.8, 4) is 0 Å². The van der Waals surface area contributed by atoms with Gasteiger partial charge in [0.05, 0.1) is 6.33 Å². The smallest absolute Gasteiger partial charge is 0.321 e. The molecule has 1 aromatic rings. The second-order valence-electron chi connectivity index (χ2n) is 5.23. The fourth-order valence-corrected chi connectivity index (χ4v) is 2.80. The minimum absolute atomic E-state index is 0.496. The summed E-state index contributed by atoms with van der Waals surface area (Å²) in [5, 5.41) is 8.97. The van der Waals surface area contributed by atoms with Crippen LogP contribution in [0.1, 0.15) is 38.4 Å². The molecule has 1 saturated carbocycles. The molecule has 1 atom stereocenters. The Morgan fingerprint density at radius 1 is 1.72 bits per heavy atom. The summed E-state index contributed by atoms with van der Waals surface area (Å²) in [7, 11) is 0. The van der Waals surface area contributed by atoms with Crippen LogP contribution in [0.3, 0.4) is 0 Å². The van der Waals surface area contributed by atoms with Crippen LogP contribution in [0.5, 0.6) is 0 Å². The van der Waals surface area contributed by atoms with E-state index >= 15 is 0 Å². The molecule has 0 aliphatic heterocycles. The molecule has 1 fully saturated rings. The van der Waals surface area contributed by atoms with Crippen molar-refractivity contribution in [1.82, 2.24) is 9.55 Å². The first-order chi connectivity index (χ1) is 8.42. The van der Waals surface area contributed by atoms with Crippen molar-refractivity contribution >= 4 is 17.7 Å². The number of imidazole rings is 1. The standard InChI is InChI=1S/C12H19N3O2S/c1-12(2,10(13)11(16)17)18-6-9-5-14-7-15(9)8-3-4-8/h5,7-8,10H,3-4,6,13H2,1-2H3,(H,16,17)/t10-/m1/s1. The van der Waals surface area contributed by atoms with Gasteiger partial charge in [-0.2, -0.15) is 0 Å². The molecule has 0 unspecified atom stereocenters. The molecule has 0 amide bonds. The van der Waals surface area contributed by atoms with Crippen LogP contribution in [0.4, 0.5) is 0 Å². The molecule has 0 radical (unpaired) electrons. The van der Waals surface area contributed by atoms with Gasteiger partial charge in [0.25, 0.3) is 0 Å². The average molecular weight is 269 g/mol. The van der Waals surface area contributed by atoms with Gasteiger partial charge in [-0.3, -0.25) is 4.79 Å². The summed E-state index contributed by atoms with van der Waals surface area (Å²) in [6.07, 6.45) is 6.14. The zero-order chi connectivity index (χ0) is 13.3. The summed E-state index contributed by atoms with van der Waals surface area (Å²) in [6, 6.07) is -0.265. The number of aromatic nitrogens is 2. The average Bonchev–Trinajstić information content (AvgIpc) is 3.04. The fraction of sp³-hybridized carbons (Fsp3) is 0.667. The Kier molecular flexibility index (Phi) is 3.68. The van der Waals surface area contributed by atoms with Crippen LogP contribution in [-0.2, 0) is 10.5 Å². The lowest BCUT2D eigenvalue weighted by Gasteiger charge is -2.28. The first-order valence-corrected chi connectivity index (χ1v) is 7.03. The molecule has 18 heavy (non-hydrogen) atoms. The van der Waals surface area contributed by atoms with Crippen LogP contribution in [0.15, 0.2) is 12.5 Å². The number of hydrogen-bond acceptors (Lipinski definition) is 4. The van der Waals surface area contributed by atoms with Gasteiger partial charge in [-0.25, -0.2) is 4.98 Å². The quantitative estimate of drug-likeness (QED) is 0.820. The number of nitrogens with zero attached hydrogens (tertiary/aromatic N) is 2. The van der Waals surface area contributed by atoms with E-state index in [1.807, 2.05) is 26.4 Å². The molecular formula is C12H19N3O2S. The molecule has 0 bridgehead atoms. The van der Waals surface area contributed by atoms with Crippen molar-refractivity contribution < 1.29 is 9.90 Å². The predicted octanol–water partition coefficient (Wildman–Crippen LogP) is 1.64. The number of carbonyl (C=O) groups is 1. The maximum absolute atomic E-state index is 10.9. The summed E-state index contributed by atoms with van der Waals surface area (Å²) in [5.41, 5.74) is 6.85. The highest BCUT2D eigenvalue weighted by Crippen LogP contribution is 2.37. The minimum atomic E-state index is -0.955. The molecule has 3 N–H and O–H groups in total. The van der Waals surface area contributed by atoms with Crippen molar-refractivity contribution in [2.75, 3.05) is 0 Å². The highest BCUT2D eigenvalue weighted by molar-refractivity contribution is 7.99. The van der Waals surface area contributed by atoms with Crippen molar-refractivity contribution in [1.29, 1.82) is 0 Å². The van der Waals surface area contributed by atoms with Crippen molar-refractivity contribution in [3.05, 3.63) is 18.2 Å². The lowest BCUT2D eigenvalue weighted by Crippen LogP contribution is -2.46. The van der Waals surface area contributed by atoms with Gasteiger partial charge in [0, 0.05) is 28.4 Å². The molecule has 1 aromatic heterocycles. The van der Waals surface area contributed by atoms with Gasteiger partial charge in [0.15, 0.2) is 0 Å². The first-order valence-electron chi connectivity index (χ1n) is 6.05. The van der Waals surface area contributed by atoms with Crippen LogP contribution >= 0.6 is 11.8 Å². The maximum atomic E-state index is 10.9. The van der Waals surface area contributed by atoms with E-state index in [9.17, 15) is 4.79 Å². The molecule has 0 aromatic carbocycles. The topological polar surface area (TPSA) is 81.1 Å². The molecule has 1 aliphatic rings. The molecule has 1 aliphatic carbocycles. The number of rotatable bonds is 6. The molecule has 100 valence electrons. The molecule has 5 nitrogen and oxygen atoms in total. The molecule has 0 saturated heterocycles. The number of carboxylic acids is 1. The van der Waals surface area contributed by atoms with Crippen LogP contribution in [-0.4, -0.2) is 31.4 Å². The van der Waals surface area contributed by atoms with Gasteiger partial charge in [0.1, 0.15) is 6.04 Å². The van der Waals surface area contributed by atoms with E-state index in [2.05, 4.69) is 9.55 Å². The second-order valence-corrected chi connectivity index (χ2v) is 6.86. The van der Waals surface area contributed by atoms with Gasteiger partial charge >= 0.3 is 5.97 Å². The number of aliphatic carboxylic acids is 1. The number of thioether (sulfide) groups is 1. The van der Waals surface area contributed by atoms with Gasteiger partial charge in [-0.1, -0.05) is 0 Å². The maximum Gasteiger partial charge on any atom is 0.321 e. The van der Waals surface area contributed by atoms with Gasteiger partial charge in [-0.15, -0.1) is 11.8 Å². The Morgan fingerprint density at radius 2 is 2.39 bits per heavy atom. The van der Waals surface area contributed by atoms with Gasteiger partial charge < -0.3 is 15.4 Å². The summed E-state index contributed by atoms with van der Waals surface area (Å²) in [6.45, 7) is 3.74. The molecule has 1 heterocycles. The summed E-state index contributed by atoms with van der Waals surface area (Å²) in [4.78, 5) is 15.1. The molecular weight excluding hydrogens is 250 g/mol.